The van der Waals surface area contributed by atoms with Crippen molar-refractivity contribution in [2.75, 3.05) is 5.32 Å². The summed E-state index contributed by atoms with van der Waals surface area (Å²) < 4.78 is 1.81. The Morgan fingerprint density at radius 1 is 1.15 bits per heavy atom. The van der Waals surface area contributed by atoms with Gasteiger partial charge in [0.1, 0.15) is 9.88 Å². The van der Waals surface area contributed by atoms with E-state index in [-0.39, 0.29) is 5.91 Å². The zero-order valence-corrected chi connectivity index (χ0v) is 15.0. The largest absolute Gasteiger partial charge is 0.321 e. The molecule has 2 aromatic carbocycles. The van der Waals surface area contributed by atoms with Gasteiger partial charge in [0.2, 0.25) is 0 Å². The Labute approximate surface area is 158 Å². The van der Waals surface area contributed by atoms with Gasteiger partial charge in [-0.1, -0.05) is 41.9 Å². The first-order valence-electron chi connectivity index (χ1n) is 7.81. The molecular weight excluding hydrogens is 368 g/mol. The number of nitrogens with one attached hydrogen (secondary N) is 1. The summed E-state index contributed by atoms with van der Waals surface area (Å²) in [7, 11) is 0. The van der Waals surface area contributed by atoms with Crippen LogP contribution in [-0.4, -0.2) is 20.4 Å². The van der Waals surface area contributed by atoms with Crippen LogP contribution in [0.4, 0.5) is 5.69 Å². The molecule has 0 bridgehead atoms. The first kappa shape index (κ1) is 16.5. The number of hydrogen-bond donors (Lipinski definition) is 1. The topological polar surface area (TPSA) is 59.8 Å². The molecule has 0 spiro atoms. The first-order chi connectivity index (χ1) is 12.7. The number of halogens is 1. The molecule has 0 unspecified atom stereocenters. The molecule has 1 amide bonds. The summed E-state index contributed by atoms with van der Waals surface area (Å²) >= 11 is 7.67. The van der Waals surface area contributed by atoms with E-state index >= 15 is 0 Å². The van der Waals surface area contributed by atoms with Gasteiger partial charge in [0.25, 0.3) is 5.91 Å². The average Bonchev–Trinajstić information content (AvgIpc) is 3.35. The predicted molar refractivity (Wildman–Crippen MR) is 104 cm³/mol. The van der Waals surface area contributed by atoms with E-state index in [0.29, 0.717) is 15.6 Å². The van der Waals surface area contributed by atoms with Gasteiger partial charge in [-0.2, -0.15) is 0 Å². The molecule has 0 saturated carbocycles. The van der Waals surface area contributed by atoms with E-state index < -0.39 is 0 Å². The van der Waals surface area contributed by atoms with Gasteiger partial charge in [-0.05, 0) is 18.2 Å². The van der Waals surface area contributed by atoms with Crippen LogP contribution in [0, 0.1) is 0 Å². The second kappa shape index (κ2) is 7.11. The Bertz CT molecular complexity index is 1040. The number of carbonyl (C=O) groups is 1. The summed E-state index contributed by atoms with van der Waals surface area (Å²) in [4.78, 5) is 21.4. The SMILES string of the molecule is O=C(Nc1ccc(-n2ccnc2)c(Cl)c1)c1cnc(-c2ccccc2)s1. The summed E-state index contributed by atoms with van der Waals surface area (Å²) in [5.41, 5.74) is 2.41. The first-order valence-corrected chi connectivity index (χ1v) is 9.00. The quantitative estimate of drug-likeness (QED) is 0.547. The highest BCUT2D eigenvalue weighted by atomic mass is 35.5. The highest BCUT2D eigenvalue weighted by molar-refractivity contribution is 7.17. The van der Waals surface area contributed by atoms with E-state index in [4.69, 9.17) is 11.6 Å². The van der Waals surface area contributed by atoms with Crippen molar-refractivity contribution in [1.82, 2.24) is 14.5 Å². The number of rotatable bonds is 4. The van der Waals surface area contributed by atoms with E-state index in [1.807, 2.05) is 47.2 Å². The maximum atomic E-state index is 12.5. The molecule has 0 aliphatic carbocycles. The highest BCUT2D eigenvalue weighted by Crippen LogP contribution is 2.27. The Kier molecular flexibility index (Phi) is 4.51. The number of carbonyl (C=O) groups excluding carboxylic acids is 1. The molecule has 0 radical (unpaired) electrons. The summed E-state index contributed by atoms with van der Waals surface area (Å²) in [5.74, 6) is -0.212. The van der Waals surface area contributed by atoms with Crippen LogP contribution < -0.4 is 5.32 Å². The van der Waals surface area contributed by atoms with Gasteiger partial charge in [-0.3, -0.25) is 4.79 Å². The van der Waals surface area contributed by atoms with E-state index in [9.17, 15) is 4.79 Å². The predicted octanol–water partition coefficient (Wildman–Crippen LogP) is 4.90. The third-order valence-electron chi connectivity index (χ3n) is 3.74. The minimum Gasteiger partial charge on any atom is -0.321 e. The number of imidazole rings is 1. The van der Waals surface area contributed by atoms with Gasteiger partial charge in [-0.25, -0.2) is 9.97 Å². The van der Waals surface area contributed by atoms with Crippen LogP contribution in [0.2, 0.25) is 5.02 Å². The summed E-state index contributed by atoms with van der Waals surface area (Å²) in [6, 6.07) is 15.1. The molecule has 4 rings (SSSR count). The number of thiazole rings is 1. The maximum Gasteiger partial charge on any atom is 0.267 e. The van der Waals surface area contributed by atoms with Gasteiger partial charge in [-0.15, -0.1) is 11.3 Å². The number of amides is 1. The van der Waals surface area contributed by atoms with Crippen LogP contribution in [-0.2, 0) is 0 Å². The molecule has 2 aromatic heterocycles. The zero-order chi connectivity index (χ0) is 17.9. The summed E-state index contributed by atoms with van der Waals surface area (Å²) in [6.45, 7) is 0. The Hall–Kier alpha value is -2.96. The molecule has 26 heavy (non-hydrogen) atoms. The summed E-state index contributed by atoms with van der Waals surface area (Å²) in [5, 5.41) is 4.19. The van der Waals surface area contributed by atoms with Gasteiger partial charge in [0, 0.05) is 23.6 Å². The van der Waals surface area contributed by atoms with Crippen molar-refractivity contribution < 1.29 is 4.79 Å². The molecule has 0 aliphatic heterocycles. The van der Waals surface area contributed by atoms with Crippen molar-refractivity contribution in [3.05, 3.63) is 83.3 Å². The Morgan fingerprint density at radius 2 is 2.00 bits per heavy atom. The molecule has 0 fully saturated rings. The fraction of sp³-hybridized carbons (Fsp3) is 0. The number of hydrogen-bond acceptors (Lipinski definition) is 4. The molecule has 0 aliphatic rings. The van der Waals surface area contributed by atoms with Crippen LogP contribution in [0.3, 0.4) is 0 Å². The van der Waals surface area contributed by atoms with Crippen LogP contribution in [0.25, 0.3) is 16.3 Å². The molecule has 0 saturated heterocycles. The van der Waals surface area contributed by atoms with Crippen molar-refractivity contribution in [2.24, 2.45) is 0 Å². The molecular formula is C19H13ClN4OS. The maximum absolute atomic E-state index is 12.5. The van der Waals surface area contributed by atoms with Crippen molar-refractivity contribution in [3.8, 4) is 16.3 Å². The van der Waals surface area contributed by atoms with Crippen molar-refractivity contribution >= 4 is 34.5 Å². The lowest BCUT2D eigenvalue weighted by Gasteiger charge is -2.08. The molecule has 4 aromatic rings. The van der Waals surface area contributed by atoms with Crippen LogP contribution in [0.1, 0.15) is 9.67 Å². The van der Waals surface area contributed by atoms with Gasteiger partial charge in [0.15, 0.2) is 0 Å². The fourth-order valence-corrected chi connectivity index (χ4v) is 3.58. The van der Waals surface area contributed by atoms with Gasteiger partial charge < -0.3 is 9.88 Å². The fourth-order valence-electron chi connectivity index (χ4n) is 2.48. The van der Waals surface area contributed by atoms with Crippen molar-refractivity contribution in [1.29, 1.82) is 0 Å². The lowest BCUT2D eigenvalue weighted by molar-refractivity contribution is 0.103. The Balaban J connectivity index is 1.52. The normalized spacial score (nSPS) is 10.7. The second-order valence-corrected chi connectivity index (χ2v) is 6.92. The van der Waals surface area contributed by atoms with E-state index in [1.165, 1.54) is 11.3 Å². The van der Waals surface area contributed by atoms with E-state index in [0.717, 1.165) is 16.3 Å². The molecule has 2 heterocycles. The highest BCUT2D eigenvalue weighted by Gasteiger charge is 2.13. The summed E-state index contributed by atoms with van der Waals surface area (Å²) in [6.07, 6.45) is 6.74. The molecule has 5 nitrogen and oxygen atoms in total. The van der Waals surface area contributed by atoms with E-state index in [1.54, 1.807) is 30.9 Å². The minimum absolute atomic E-state index is 0.212. The van der Waals surface area contributed by atoms with Gasteiger partial charge >= 0.3 is 0 Å². The molecule has 1 N–H and O–H groups in total. The van der Waals surface area contributed by atoms with Crippen molar-refractivity contribution in [2.45, 2.75) is 0 Å². The third kappa shape index (κ3) is 3.37. The van der Waals surface area contributed by atoms with Crippen LogP contribution in [0.15, 0.2) is 73.4 Å². The van der Waals surface area contributed by atoms with Gasteiger partial charge in [0.05, 0.1) is 23.2 Å². The second-order valence-electron chi connectivity index (χ2n) is 5.49. The smallest absolute Gasteiger partial charge is 0.267 e. The Morgan fingerprint density at radius 3 is 2.73 bits per heavy atom. The van der Waals surface area contributed by atoms with Crippen molar-refractivity contribution in [3.63, 3.8) is 0 Å². The monoisotopic (exact) mass is 380 g/mol. The lowest BCUT2D eigenvalue weighted by atomic mass is 10.2. The number of aromatic nitrogens is 3. The zero-order valence-electron chi connectivity index (χ0n) is 13.5. The number of anilines is 1. The van der Waals surface area contributed by atoms with Crippen LogP contribution >= 0.6 is 22.9 Å². The van der Waals surface area contributed by atoms with E-state index in [2.05, 4.69) is 15.3 Å². The van der Waals surface area contributed by atoms with Crippen LogP contribution in [0.5, 0.6) is 0 Å². The molecule has 7 heteroatoms. The third-order valence-corrected chi connectivity index (χ3v) is 5.09. The minimum atomic E-state index is -0.212. The molecule has 0 atom stereocenters. The molecule has 128 valence electrons. The number of nitrogens with zero attached hydrogens (tertiary/aromatic N) is 3. The average molecular weight is 381 g/mol. The number of benzene rings is 2. The standard InChI is InChI=1S/C19H13ClN4OS/c20-15-10-14(6-7-16(15)24-9-8-21-12-24)23-18(25)17-11-22-19(26-17)13-4-2-1-3-5-13/h1-12H,(H,23,25). The lowest BCUT2D eigenvalue weighted by Crippen LogP contribution is -2.10.